The van der Waals surface area contributed by atoms with Crippen molar-refractivity contribution in [1.82, 2.24) is 15.3 Å². The maximum absolute atomic E-state index is 12.8. The van der Waals surface area contributed by atoms with Gasteiger partial charge in [-0.1, -0.05) is 181 Å². The Morgan fingerprint density at radius 1 is 0.614 bits per heavy atom. The van der Waals surface area contributed by atoms with Gasteiger partial charge in [-0.05, 0) is 130 Å². The number of aromatic amines is 1. The number of fused-ring (bicyclic) bond motifs is 2. The fraction of sp³-hybridized carbons (Fsp3) is 0.307. The normalized spacial score (nSPS) is 18.6. The van der Waals surface area contributed by atoms with Crippen LogP contribution >= 0.6 is 12.4 Å². The molecule has 5 heterocycles. The third kappa shape index (κ3) is 20.5. The molecule has 586 valence electrons. The summed E-state index contributed by atoms with van der Waals surface area (Å²) >= 11 is 0. The number of oxime groups is 1. The molecule has 5 aliphatic carbocycles. The smallest absolute Gasteiger partial charge is 0.870 e. The number of aliphatic carboxylic acids is 1. The van der Waals surface area contributed by atoms with Crippen LogP contribution in [0.15, 0.2) is 245 Å². The van der Waals surface area contributed by atoms with E-state index in [9.17, 15) is 28.8 Å². The number of amides is 3. The largest absolute Gasteiger partial charge is 1.00 e. The number of hydrogen-bond donors (Lipinski definition) is 6. The second-order valence-corrected chi connectivity index (χ2v) is 28.2. The van der Waals surface area contributed by atoms with Crippen molar-refractivity contribution in [3.05, 3.63) is 269 Å². The number of carbonyl (C=O) groups is 6. The number of aromatic nitrogens is 2. The van der Waals surface area contributed by atoms with Crippen LogP contribution in [0, 0.1) is 23.7 Å². The summed E-state index contributed by atoms with van der Waals surface area (Å²) in [5.41, 5.74) is 22.0. The summed E-state index contributed by atoms with van der Waals surface area (Å²) in [7, 11) is 3.38. The fourth-order valence-corrected chi connectivity index (χ4v) is 13.9. The van der Waals surface area contributed by atoms with Crippen LogP contribution in [0.4, 0.5) is 11.4 Å². The molecule has 0 unspecified atom stereocenters. The summed E-state index contributed by atoms with van der Waals surface area (Å²) in [6, 6.07) is 66.6. The molecular weight excluding hydrogens is 1460 g/mol. The number of amidine groups is 1. The van der Waals surface area contributed by atoms with E-state index in [2.05, 4.69) is 96.2 Å². The molecule has 114 heavy (non-hydrogen) atoms. The van der Waals surface area contributed by atoms with Gasteiger partial charge >= 0.3 is 36.8 Å². The first-order valence-electron chi connectivity index (χ1n) is 37.1. The minimum atomic E-state index is -0.854. The van der Waals surface area contributed by atoms with Crippen molar-refractivity contribution < 1.29 is 82.4 Å². The van der Waals surface area contributed by atoms with Gasteiger partial charge in [0.15, 0.2) is 0 Å². The van der Waals surface area contributed by atoms with Crippen molar-refractivity contribution in [3.8, 4) is 29.9 Å². The minimum Gasteiger partial charge on any atom is -0.870 e. The molecule has 5 fully saturated rings. The van der Waals surface area contributed by atoms with Crippen molar-refractivity contribution in [1.29, 1.82) is 5.26 Å². The zero-order chi connectivity index (χ0) is 78.8. The predicted octanol–water partition coefficient (Wildman–Crippen LogP) is 9.69. The molecule has 7 aromatic carbocycles. The number of likely N-dealkylation sites (N-methyl/N-ethyl adjacent to an activating group) is 2. The molecule has 0 saturated heterocycles. The van der Waals surface area contributed by atoms with Gasteiger partial charge in [-0.25, -0.2) is 19.4 Å². The Morgan fingerprint density at radius 2 is 1.04 bits per heavy atom. The Hall–Kier alpha value is -11.9. The molecule has 9 N–H and O–H groups in total. The maximum atomic E-state index is 12.8. The van der Waals surface area contributed by atoms with E-state index in [4.69, 9.17) is 41.3 Å². The summed E-state index contributed by atoms with van der Waals surface area (Å²) in [5, 5.41) is 32.3. The molecule has 26 heteroatoms. The summed E-state index contributed by atoms with van der Waals surface area (Å²) in [6.07, 6.45) is 20.9. The minimum absolute atomic E-state index is 0. The van der Waals surface area contributed by atoms with Crippen LogP contribution in [0.25, 0.3) is 0 Å². The van der Waals surface area contributed by atoms with Crippen LogP contribution in [-0.4, -0.2) is 131 Å². The van der Waals surface area contributed by atoms with Crippen LogP contribution in [0.5, 0.6) is 11.5 Å². The first-order chi connectivity index (χ1) is 53.7. The van der Waals surface area contributed by atoms with Crippen molar-refractivity contribution in [2.45, 2.75) is 130 Å². The standard InChI is InChI=1S/C23H22N4O3.C16H17NO2.C14H13NO2.C10H12N2O2.C10H12N2O.C10H9N.C5H6O2.ClH.Li.H2O/c1-27-18-9-5-6-10-19(18)30-14-17(21(27)29)25-20(28)16-13-24-22(26-16)23(11-12-23)15-7-3-2-4-8-15;1-2-19-15(18)12-10-14(17-11-12)16(8-9-16)13-6-4-3-5-7-13;16-13(17)10-8-12(15-9-10)14(6-7-14)11-4-2-1-3-5-11;1-12-8-4-2-3-5-9(8)14-6-7(11)10(12)13;11-9(12-13)10(6-7-10)8-4-2-1-3-5-8;11-8-10(6-7-10)9-4-2-1-3-5-9;1-3-5(6)7-4-2;;;/h2-10,13,17H,11-12,14H2,1H3,(H,24,26)(H,25,28);3-7,11H,2,8-10H2,1H3;1-5,9H,6-8H2,(H,16,17);2-5,7H,6,11H2,1H3;1-5,13H,6-7H2,(H2,11,12);1-5H,6-7H2;1H,4H2,2H3;1H;;1H2/q;;;;;;;;+1;/p-1/t17-;;;7-;;;;;;/m0..0....../s1. The van der Waals surface area contributed by atoms with Gasteiger partial charge in [0, 0.05) is 67.5 Å². The van der Waals surface area contributed by atoms with Crippen molar-refractivity contribution >= 4 is 76.7 Å². The maximum Gasteiger partial charge on any atom is 1.00 e. The van der Waals surface area contributed by atoms with E-state index in [0.717, 1.165) is 92.7 Å². The Kier molecular flexibility index (Phi) is 30.4. The Balaban J connectivity index is 0.000000172. The topological polar surface area (TPSA) is 370 Å². The molecule has 4 aliphatic heterocycles. The number of carboxylic acid groups (broad SMARTS) is 1. The van der Waals surface area contributed by atoms with Crippen molar-refractivity contribution in [2.24, 2.45) is 26.6 Å². The number of halogens is 1. The van der Waals surface area contributed by atoms with Crippen molar-refractivity contribution in [3.63, 3.8) is 0 Å². The van der Waals surface area contributed by atoms with E-state index in [1.807, 2.05) is 159 Å². The Morgan fingerprint density at radius 3 is 1.45 bits per heavy atom. The molecule has 0 spiro atoms. The number of benzene rings is 7. The number of anilines is 2. The molecule has 2 atom stereocenters. The first kappa shape index (κ1) is 87.7. The van der Waals surface area contributed by atoms with Crippen molar-refractivity contribution in [2.75, 3.05) is 50.3 Å². The molecule has 24 nitrogen and oxygen atoms in total. The summed E-state index contributed by atoms with van der Waals surface area (Å²) in [5.74, 6) is 1.85. The van der Waals surface area contributed by atoms with Crippen LogP contribution in [-0.2, 0) is 60.5 Å². The molecule has 17 rings (SSSR count). The number of aliphatic imine (C=N–C) groups is 2. The number of esters is 2. The van der Waals surface area contributed by atoms with Gasteiger partial charge in [0.2, 0.25) is 5.91 Å². The van der Waals surface area contributed by atoms with Crippen LogP contribution < -0.4 is 54.9 Å². The number of terminal acetylenes is 1. The van der Waals surface area contributed by atoms with Crippen LogP contribution in [0.1, 0.15) is 135 Å². The third-order valence-electron chi connectivity index (χ3n) is 21.1. The van der Waals surface area contributed by atoms with Gasteiger partial charge in [-0.15, -0.1) is 18.8 Å². The molecule has 1 aromatic heterocycles. The Bertz CT molecular complexity index is 4910. The monoisotopic (exact) mass is 1550 g/mol. The number of ether oxygens (including phenoxy) is 4. The van der Waals surface area contributed by atoms with Gasteiger partial charge < -0.3 is 66.3 Å². The van der Waals surface area contributed by atoms with E-state index in [-0.39, 0.29) is 101 Å². The number of carboxylic acids is 1. The third-order valence-corrected chi connectivity index (χ3v) is 21.1. The van der Waals surface area contributed by atoms with Gasteiger partial charge in [-0.2, -0.15) is 5.26 Å². The average Bonchev–Trinajstić information content (AvgIpc) is 1.60. The van der Waals surface area contributed by atoms with Crippen LogP contribution in [0.3, 0.4) is 0 Å². The quantitative estimate of drug-likeness (QED) is 0.00812. The summed E-state index contributed by atoms with van der Waals surface area (Å²) in [4.78, 5) is 89.4. The molecule has 9 aliphatic rings. The zero-order valence-electron chi connectivity index (χ0n) is 64.4. The van der Waals surface area contributed by atoms with Gasteiger partial charge in [-0.3, -0.25) is 24.4 Å². The zero-order valence-corrected chi connectivity index (χ0v) is 65.3. The number of nitrogens with two attached hydrogens (primary N) is 2. The summed E-state index contributed by atoms with van der Waals surface area (Å²) in [6.45, 7) is 4.59. The van der Waals surface area contributed by atoms with Crippen LogP contribution in [0.2, 0.25) is 0 Å². The number of imidazole rings is 1. The average molecular weight is 1560 g/mol. The number of rotatable bonds is 15. The number of nitrogens with zero attached hydrogens (tertiary/aromatic N) is 7. The molecule has 3 amide bonds. The van der Waals surface area contributed by atoms with E-state index in [1.54, 1.807) is 33.1 Å². The number of para-hydroxylation sites is 4. The SMILES string of the molecule is C#CC(=O)OCC.CCOC(=O)C1=CN=C(C2(c3ccccc3)CC2)C1.CN1C(=O)[C@@H](N)COc2ccccc21.CN1C(=O)[C@@H](NC(=O)c2cnc(C3(c4ccccc4)CC3)[nH]2)COc2ccccc21.Cl.N#CC1(c2ccccc2)CC1.N/C(=N\O)C1(c2ccccc2)CC1.O=C(O)C1=CN=C(C2(c3ccccc3)CC2)C1.[Li+].[OH-]. The van der Waals surface area contributed by atoms with Gasteiger partial charge in [0.05, 0.1) is 64.2 Å². The molecule has 0 bridgehead atoms. The molecule has 8 aromatic rings. The Labute approximate surface area is 681 Å². The van der Waals surface area contributed by atoms with Gasteiger partial charge in [0.25, 0.3) is 11.8 Å². The number of nitrogens with one attached hydrogen (secondary N) is 2. The second kappa shape index (κ2) is 39.5. The van der Waals surface area contributed by atoms with Gasteiger partial charge in [0.1, 0.15) is 54.2 Å². The summed E-state index contributed by atoms with van der Waals surface area (Å²) < 4.78 is 20.5. The fourth-order valence-electron chi connectivity index (χ4n) is 13.9. The van der Waals surface area contributed by atoms with E-state index < -0.39 is 24.0 Å². The van der Waals surface area contributed by atoms with E-state index in [1.165, 1.54) is 44.5 Å². The second-order valence-electron chi connectivity index (χ2n) is 28.2. The first-order valence-corrected chi connectivity index (χ1v) is 37.1. The number of nitriles is 1. The predicted molar refractivity (Wildman–Crippen MR) is 433 cm³/mol. The van der Waals surface area contributed by atoms with E-state index >= 15 is 0 Å². The molecule has 5 saturated carbocycles. The molecule has 0 radical (unpaired) electrons. The number of hydrogen-bond acceptors (Lipinski definition) is 18. The van der Waals surface area contributed by atoms with E-state index in [0.29, 0.717) is 65.9 Å². The number of carbonyl (C=O) groups excluding carboxylic acids is 5. The molecular formula is C88H93ClLiN11O13. The number of H-pyrrole nitrogens is 1.